The molecule has 0 aliphatic carbocycles. The topological polar surface area (TPSA) is 60.8 Å². The van der Waals surface area contributed by atoms with Gasteiger partial charge in [-0.05, 0) is 43.9 Å². The van der Waals surface area contributed by atoms with E-state index in [9.17, 15) is 15.0 Å². The Bertz CT molecular complexity index is 481. The fourth-order valence-electron chi connectivity index (χ4n) is 2.59. The van der Waals surface area contributed by atoms with E-state index in [1.807, 2.05) is 24.3 Å². The SMILES string of the molecule is CCCCc1ccc(C(=O)N2CC[C@@](C)(O)[C@@H](O)C2)cc1. The number of piperidine rings is 1. The van der Waals surface area contributed by atoms with Crippen molar-refractivity contribution in [3.05, 3.63) is 35.4 Å². The molecule has 4 heteroatoms. The zero-order chi connectivity index (χ0) is 15.5. The number of nitrogens with zero attached hydrogens (tertiary/aromatic N) is 1. The van der Waals surface area contributed by atoms with Gasteiger partial charge in [-0.2, -0.15) is 0 Å². The van der Waals surface area contributed by atoms with E-state index >= 15 is 0 Å². The van der Waals surface area contributed by atoms with Gasteiger partial charge in [0.2, 0.25) is 0 Å². The smallest absolute Gasteiger partial charge is 0.253 e. The van der Waals surface area contributed by atoms with Crippen LogP contribution in [-0.4, -0.2) is 45.8 Å². The minimum atomic E-state index is -1.10. The first-order valence-electron chi connectivity index (χ1n) is 7.72. The van der Waals surface area contributed by atoms with Crippen LogP contribution < -0.4 is 0 Å². The van der Waals surface area contributed by atoms with Crippen LogP contribution in [0.1, 0.15) is 49.0 Å². The summed E-state index contributed by atoms with van der Waals surface area (Å²) in [5.41, 5.74) is 0.792. The molecule has 2 N–H and O–H groups in total. The maximum Gasteiger partial charge on any atom is 0.253 e. The third-order valence-electron chi connectivity index (χ3n) is 4.31. The lowest BCUT2D eigenvalue weighted by atomic mass is 9.90. The molecule has 0 radical (unpaired) electrons. The lowest BCUT2D eigenvalue weighted by Crippen LogP contribution is -2.55. The van der Waals surface area contributed by atoms with Crippen LogP contribution >= 0.6 is 0 Å². The van der Waals surface area contributed by atoms with E-state index < -0.39 is 11.7 Å². The van der Waals surface area contributed by atoms with Crippen molar-refractivity contribution in [2.24, 2.45) is 0 Å². The average Bonchev–Trinajstić information content (AvgIpc) is 2.48. The van der Waals surface area contributed by atoms with Gasteiger partial charge in [0.15, 0.2) is 0 Å². The highest BCUT2D eigenvalue weighted by Crippen LogP contribution is 2.23. The zero-order valence-corrected chi connectivity index (χ0v) is 12.9. The highest BCUT2D eigenvalue weighted by atomic mass is 16.3. The van der Waals surface area contributed by atoms with Gasteiger partial charge in [-0.1, -0.05) is 25.5 Å². The van der Waals surface area contributed by atoms with Crippen molar-refractivity contribution in [1.82, 2.24) is 4.90 Å². The molecule has 0 unspecified atom stereocenters. The third-order valence-corrected chi connectivity index (χ3v) is 4.31. The molecule has 4 nitrogen and oxygen atoms in total. The fraction of sp³-hybridized carbons (Fsp3) is 0.588. The highest BCUT2D eigenvalue weighted by Gasteiger charge is 2.37. The molecule has 2 atom stereocenters. The molecular formula is C17H25NO3. The summed E-state index contributed by atoms with van der Waals surface area (Å²) in [5, 5.41) is 19.8. The molecule has 1 aromatic carbocycles. The molecular weight excluding hydrogens is 266 g/mol. The maximum absolute atomic E-state index is 12.4. The number of aliphatic hydroxyl groups is 2. The molecule has 21 heavy (non-hydrogen) atoms. The second-order valence-corrected chi connectivity index (χ2v) is 6.17. The number of amides is 1. The van der Waals surface area contributed by atoms with Crippen LogP contribution in [0.5, 0.6) is 0 Å². The molecule has 1 aromatic rings. The quantitative estimate of drug-likeness (QED) is 0.892. The first-order chi connectivity index (χ1) is 9.94. The molecule has 0 spiro atoms. The van der Waals surface area contributed by atoms with Crippen LogP contribution in [0.3, 0.4) is 0 Å². The Labute approximate surface area is 126 Å². The Morgan fingerprint density at radius 3 is 2.62 bits per heavy atom. The minimum Gasteiger partial charge on any atom is -0.388 e. The van der Waals surface area contributed by atoms with Crippen molar-refractivity contribution in [1.29, 1.82) is 0 Å². The van der Waals surface area contributed by atoms with E-state index in [1.54, 1.807) is 11.8 Å². The number of carbonyl (C=O) groups excluding carboxylic acids is 1. The first-order valence-corrected chi connectivity index (χ1v) is 7.72. The average molecular weight is 291 g/mol. The van der Waals surface area contributed by atoms with E-state index in [0.717, 1.165) is 19.3 Å². The molecule has 0 saturated carbocycles. The molecule has 1 saturated heterocycles. The number of β-amino-alcohol motifs (C(OH)–C–C–N with tert-alkyl or cyclic N) is 1. The van der Waals surface area contributed by atoms with Crippen LogP contribution in [-0.2, 0) is 6.42 Å². The second-order valence-electron chi connectivity index (χ2n) is 6.17. The van der Waals surface area contributed by atoms with Crippen LogP contribution in [0.25, 0.3) is 0 Å². The van der Waals surface area contributed by atoms with E-state index in [2.05, 4.69) is 6.92 Å². The summed E-state index contributed by atoms with van der Waals surface area (Å²) in [6.07, 6.45) is 2.86. The number of likely N-dealkylation sites (tertiary alicyclic amines) is 1. The molecule has 1 aliphatic rings. The lowest BCUT2D eigenvalue weighted by molar-refractivity contribution is -0.0999. The summed E-state index contributed by atoms with van der Waals surface area (Å²) < 4.78 is 0. The number of rotatable bonds is 4. The van der Waals surface area contributed by atoms with E-state index in [-0.39, 0.29) is 12.5 Å². The number of hydrogen-bond acceptors (Lipinski definition) is 3. The van der Waals surface area contributed by atoms with Gasteiger partial charge in [0, 0.05) is 18.7 Å². The standard InChI is InChI=1S/C17H25NO3/c1-3-4-5-13-6-8-14(9-7-13)16(20)18-11-10-17(2,21)15(19)12-18/h6-9,15,19,21H,3-5,10-12H2,1-2H3/t15-,17+/m0/s1. The summed E-state index contributed by atoms with van der Waals surface area (Å²) in [7, 11) is 0. The van der Waals surface area contributed by atoms with Crippen LogP contribution in [0.2, 0.25) is 0 Å². The Hall–Kier alpha value is -1.39. The summed E-state index contributed by atoms with van der Waals surface area (Å²) in [6.45, 7) is 4.43. The molecule has 116 valence electrons. The molecule has 0 aromatic heterocycles. The molecule has 1 amide bonds. The Morgan fingerprint density at radius 1 is 1.38 bits per heavy atom. The predicted octanol–water partition coefficient (Wildman–Crippen LogP) is 1.99. The van der Waals surface area contributed by atoms with Crippen LogP contribution in [0.15, 0.2) is 24.3 Å². The second kappa shape index (κ2) is 6.58. The van der Waals surface area contributed by atoms with Gasteiger partial charge >= 0.3 is 0 Å². The number of carbonyl (C=O) groups is 1. The number of hydrogen-bond donors (Lipinski definition) is 2. The van der Waals surface area contributed by atoms with Crippen molar-refractivity contribution < 1.29 is 15.0 Å². The number of unbranched alkanes of at least 4 members (excludes halogenated alkanes) is 1. The van der Waals surface area contributed by atoms with Gasteiger partial charge in [0.25, 0.3) is 5.91 Å². The van der Waals surface area contributed by atoms with Crippen LogP contribution in [0.4, 0.5) is 0 Å². The Kier molecular flexibility index (Phi) is 5.01. The van der Waals surface area contributed by atoms with E-state index in [1.165, 1.54) is 5.56 Å². The van der Waals surface area contributed by atoms with Crippen LogP contribution in [0, 0.1) is 0 Å². The molecule has 1 aliphatic heterocycles. The minimum absolute atomic E-state index is 0.0772. The van der Waals surface area contributed by atoms with E-state index in [0.29, 0.717) is 18.5 Å². The van der Waals surface area contributed by atoms with E-state index in [4.69, 9.17) is 0 Å². The molecule has 1 heterocycles. The van der Waals surface area contributed by atoms with Crippen molar-refractivity contribution in [2.75, 3.05) is 13.1 Å². The molecule has 0 bridgehead atoms. The molecule has 1 fully saturated rings. The predicted molar refractivity (Wildman–Crippen MR) is 82.2 cm³/mol. The van der Waals surface area contributed by atoms with Gasteiger partial charge in [-0.15, -0.1) is 0 Å². The zero-order valence-electron chi connectivity index (χ0n) is 12.9. The van der Waals surface area contributed by atoms with Crippen molar-refractivity contribution >= 4 is 5.91 Å². The Morgan fingerprint density at radius 2 is 2.05 bits per heavy atom. The fourth-order valence-corrected chi connectivity index (χ4v) is 2.59. The summed E-state index contributed by atoms with van der Waals surface area (Å²) in [4.78, 5) is 14.0. The summed E-state index contributed by atoms with van der Waals surface area (Å²) in [6, 6.07) is 7.71. The summed E-state index contributed by atoms with van der Waals surface area (Å²) in [5.74, 6) is -0.0772. The highest BCUT2D eigenvalue weighted by molar-refractivity contribution is 5.94. The van der Waals surface area contributed by atoms with Crippen molar-refractivity contribution in [3.63, 3.8) is 0 Å². The lowest BCUT2D eigenvalue weighted by Gasteiger charge is -2.39. The van der Waals surface area contributed by atoms with Crippen molar-refractivity contribution in [3.8, 4) is 0 Å². The van der Waals surface area contributed by atoms with Gasteiger partial charge in [-0.3, -0.25) is 4.79 Å². The number of aryl methyl sites for hydroxylation is 1. The van der Waals surface area contributed by atoms with Gasteiger partial charge in [0.1, 0.15) is 0 Å². The Balaban J connectivity index is 2.00. The molecule has 2 rings (SSSR count). The summed E-state index contributed by atoms with van der Waals surface area (Å²) >= 11 is 0. The van der Waals surface area contributed by atoms with Gasteiger partial charge in [-0.25, -0.2) is 0 Å². The first kappa shape index (κ1) is 16.0. The largest absolute Gasteiger partial charge is 0.388 e. The van der Waals surface area contributed by atoms with Gasteiger partial charge in [0.05, 0.1) is 11.7 Å². The normalized spacial score (nSPS) is 25.9. The number of aliphatic hydroxyl groups excluding tert-OH is 1. The number of benzene rings is 1. The maximum atomic E-state index is 12.4. The third kappa shape index (κ3) is 3.83. The monoisotopic (exact) mass is 291 g/mol. The van der Waals surface area contributed by atoms with Gasteiger partial charge < -0.3 is 15.1 Å². The van der Waals surface area contributed by atoms with Crippen molar-refractivity contribution in [2.45, 2.75) is 51.2 Å².